The SMILES string of the molecule is C[C@H](Cc1ccccc1)N1CCC(=O)CC1. The van der Waals surface area contributed by atoms with Crippen molar-refractivity contribution in [3.05, 3.63) is 35.9 Å². The number of ketones is 1. The number of carbonyl (C=O) groups is 1. The maximum Gasteiger partial charge on any atom is 0.135 e. The normalized spacial score (nSPS) is 19.7. The maximum atomic E-state index is 11.2. The molecular formula is C14H19NO. The second-order valence-corrected chi connectivity index (χ2v) is 4.61. The van der Waals surface area contributed by atoms with E-state index in [1.165, 1.54) is 5.56 Å². The van der Waals surface area contributed by atoms with Crippen LogP contribution in [0.25, 0.3) is 0 Å². The first-order valence-corrected chi connectivity index (χ1v) is 6.05. The lowest BCUT2D eigenvalue weighted by atomic mass is 10.0. The Balaban J connectivity index is 1.88. The second-order valence-electron chi connectivity index (χ2n) is 4.61. The van der Waals surface area contributed by atoms with Gasteiger partial charge < -0.3 is 0 Å². The third-order valence-electron chi connectivity index (χ3n) is 3.35. The van der Waals surface area contributed by atoms with Gasteiger partial charge in [-0.15, -0.1) is 0 Å². The molecule has 0 aliphatic carbocycles. The predicted octanol–water partition coefficient (Wildman–Crippen LogP) is 2.28. The van der Waals surface area contributed by atoms with Crippen LogP contribution in [0.2, 0.25) is 0 Å². The number of piperidine rings is 1. The molecule has 16 heavy (non-hydrogen) atoms. The van der Waals surface area contributed by atoms with Gasteiger partial charge in [-0.05, 0) is 18.9 Å². The summed E-state index contributed by atoms with van der Waals surface area (Å²) in [6, 6.07) is 11.1. The van der Waals surface area contributed by atoms with Gasteiger partial charge >= 0.3 is 0 Å². The summed E-state index contributed by atoms with van der Waals surface area (Å²) in [6.45, 7) is 4.13. The van der Waals surface area contributed by atoms with Crippen molar-refractivity contribution in [3.8, 4) is 0 Å². The molecule has 1 aromatic carbocycles. The topological polar surface area (TPSA) is 20.3 Å². The molecule has 1 atom stereocenters. The molecule has 1 aliphatic heterocycles. The van der Waals surface area contributed by atoms with Crippen LogP contribution in [0.1, 0.15) is 25.3 Å². The third-order valence-corrected chi connectivity index (χ3v) is 3.35. The molecule has 0 bridgehead atoms. The van der Waals surface area contributed by atoms with Gasteiger partial charge in [0.05, 0.1) is 0 Å². The molecule has 86 valence electrons. The first-order valence-electron chi connectivity index (χ1n) is 6.05. The smallest absolute Gasteiger partial charge is 0.135 e. The minimum atomic E-state index is 0.420. The van der Waals surface area contributed by atoms with Crippen LogP contribution in [0.15, 0.2) is 30.3 Å². The molecule has 1 fully saturated rings. The predicted molar refractivity (Wildman–Crippen MR) is 65.4 cm³/mol. The lowest BCUT2D eigenvalue weighted by molar-refractivity contribution is -0.121. The minimum Gasteiger partial charge on any atom is -0.300 e. The maximum absolute atomic E-state index is 11.2. The van der Waals surface area contributed by atoms with Crippen LogP contribution < -0.4 is 0 Å². The molecule has 2 heteroatoms. The summed E-state index contributed by atoms with van der Waals surface area (Å²) in [4.78, 5) is 13.6. The fourth-order valence-corrected chi connectivity index (χ4v) is 2.30. The second kappa shape index (κ2) is 5.26. The van der Waals surface area contributed by atoms with Gasteiger partial charge in [-0.25, -0.2) is 0 Å². The fourth-order valence-electron chi connectivity index (χ4n) is 2.30. The molecule has 0 unspecified atom stereocenters. The summed E-state index contributed by atoms with van der Waals surface area (Å²) in [7, 11) is 0. The molecule has 1 heterocycles. The molecular weight excluding hydrogens is 198 g/mol. The van der Waals surface area contributed by atoms with E-state index < -0.39 is 0 Å². The zero-order valence-corrected chi connectivity index (χ0v) is 9.86. The van der Waals surface area contributed by atoms with Crippen molar-refractivity contribution in [2.75, 3.05) is 13.1 Å². The Morgan fingerprint density at radius 2 is 1.81 bits per heavy atom. The van der Waals surface area contributed by atoms with Gasteiger partial charge in [0.25, 0.3) is 0 Å². The first-order chi connectivity index (χ1) is 7.75. The van der Waals surface area contributed by atoms with Gasteiger partial charge in [0.15, 0.2) is 0 Å². The van der Waals surface area contributed by atoms with E-state index in [1.807, 2.05) is 6.07 Å². The Morgan fingerprint density at radius 3 is 2.44 bits per heavy atom. The van der Waals surface area contributed by atoms with E-state index in [0.29, 0.717) is 11.8 Å². The molecule has 0 spiro atoms. The zero-order valence-electron chi connectivity index (χ0n) is 9.86. The van der Waals surface area contributed by atoms with Crippen LogP contribution in [0, 0.1) is 0 Å². The van der Waals surface area contributed by atoms with E-state index in [1.54, 1.807) is 0 Å². The summed E-state index contributed by atoms with van der Waals surface area (Å²) >= 11 is 0. The molecule has 0 N–H and O–H groups in total. The Bertz CT molecular complexity index is 337. The largest absolute Gasteiger partial charge is 0.300 e. The number of Topliss-reactive ketones (excluding diaryl/α,β-unsaturated/α-hetero) is 1. The van der Waals surface area contributed by atoms with Crippen molar-refractivity contribution in [2.45, 2.75) is 32.2 Å². The molecule has 2 rings (SSSR count). The third kappa shape index (κ3) is 2.92. The fraction of sp³-hybridized carbons (Fsp3) is 0.500. The van der Waals surface area contributed by atoms with Crippen LogP contribution >= 0.6 is 0 Å². The van der Waals surface area contributed by atoms with Gasteiger partial charge in [0.1, 0.15) is 5.78 Å². The highest BCUT2D eigenvalue weighted by Gasteiger charge is 2.20. The average molecular weight is 217 g/mol. The lowest BCUT2D eigenvalue weighted by Crippen LogP contribution is -2.41. The number of hydrogen-bond acceptors (Lipinski definition) is 2. The number of rotatable bonds is 3. The summed E-state index contributed by atoms with van der Waals surface area (Å²) in [5, 5.41) is 0. The summed E-state index contributed by atoms with van der Waals surface area (Å²) in [6.07, 6.45) is 2.55. The van der Waals surface area contributed by atoms with Crippen molar-refractivity contribution >= 4 is 5.78 Å². The van der Waals surface area contributed by atoms with Crippen LogP contribution in [0.5, 0.6) is 0 Å². The Labute approximate surface area is 97.3 Å². The highest BCUT2D eigenvalue weighted by atomic mass is 16.1. The van der Waals surface area contributed by atoms with E-state index in [0.717, 1.165) is 32.4 Å². The average Bonchev–Trinajstić information content (AvgIpc) is 2.31. The lowest BCUT2D eigenvalue weighted by Gasteiger charge is -2.31. The van der Waals surface area contributed by atoms with E-state index in [2.05, 4.69) is 36.1 Å². The van der Waals surface area contributed by atoms with Gasteiger partial charge in [-0.3, -0.25) is 9.69 Å². The molecule has 0 radical (unpaired) electrons. The van der Waals surface area contributed by atoms with Gasteiger partial charge in [0.2, 0.25) is 0 Å². The number of benzene rings is 1. The van der Waals surface area contributed by atoms with Crippen molar-refractivity contribution in [1.29, 1.82) is 0 Å². The summed E-state index contributed by atoms with van der Waals surface area (Å²) < 4.78 is 0. The van der Waals surface area contributed by atoms with Gasteiger partial charge in [-0.1, -0.05) is 30.3 Å². The monoisotopic (exact) mass is 217 g/mol. The Kier molecular flexibility index (Phi) is 3.73. The van der Waals surface area contributed by atoms with E-state index in [-0.39, 0.29) is 0 Å². The van der Waals surface area contributed by atoms with Crippen LogP contribution in [0.4, 0.5) is 0 Å². The van der Waals surface area contributed by atoms with E-state index >= 15 is 0 Å². The van der Waals surface area contributed by atoms with Crippen molar-refractivity contribution in [1.82, 2.24) is 4.90 Å². The van der Waals surface area contributed by atoms with Crippen LogP contribution in [-0.4, -0.2) is 29.8 Å². The zero-order chi connectivity index (χ0) is 11.4. The van der Waals surface area contributed by atoms with Crippen molar-refractivity contribution in [2.24, 2.45) is 0 Å². The Hall–Kier alpha value is -1.15. The number of likely N-dealkylation sites (tertiary alicyclic amines) is 1. The van der Waals surface area contributed by atoms with Crippen molar-refractivity contribution in [3.63, 3.8) is 0 Å². The van der Waals surface area contributed by atoms with Crippen molar-refractivity contribution < 1.29 is 4.79 Å². The molecule has 2 nitrogen and oxygen atoms in total. The van der Waals surface area contributed by atoms with Gasteiger partial charge in [0, 0.05) is 32.0 Å². The number of hydrogen-bond donors (Lipinski definition) is 0. The molecule has 1 saturated heterocycles. The quantitative estimate of drug-likeness (QED) is 0.774. The summed E-state index contributed by atoms with van der Waals surface area (Å²) in [5.74, 6) is 0.420. The first kappa shape index (κ1) is 11.3. The number of carbonyl (C=O) groups excluding carboxylic acids is 1. The molecule has 0 amide bonds. The van der Waals surface area contributed by atoms with Gasteiger partial charge in [-0.2, -0.15) is 0 Å². The molecule has 1 aromatic rings. The highest BCUT2D eigenvalue weighted by Crippen LogP contribution is 2.13. The standard InChI is InChI=1S/C14H19NO/c1-12(11-13-5-3-2-4-6-13)15-9-7-14(16)8-10-15/h2-6,12H,7-11H2,1H3/t12-/m1/s1. The van der Waals surface area contributed by atoms with E-state index in [9.17, 15) is 4.79 Å². The minimum absolute atomic E-state index is 0.420. The van der Waals surface area contributed by atoms with Crippen LogP contribution in [0.3, 0.4) is 0 Å². The van der Waals surface area contributed by atoms with Crippen LogP contribution in [-0.2, 0) is 11.2 Å². The molecule has 1 aliphatic rings. The van der Waals surface area contributed by atoms with E-state index in [4.69, 9.17) is 0 Å². The molecule has 0 aromatic heterocycles. The molecule has 0 saturated carbocycles. The summed E-state index contributed by atoms with van der Waals surface area (Å²) in [5.41, 5.74) is 1.38. The number of nitrogens with zero attached hydrogens (tertiary/aromatic N) is 1. The Morgan fingerprint density at radius 1 is 1.19 bits per heavy atom. The highest BCUT2D eigenvalue weighted by molar-refractivity contribution is 5.79.